The number of anilines is 1. The lowest BCUT2D eigenvalue weighted by atomic mass is 10.0. The number of benzene rings is 3. The number of nitrogens with zero attached hydrogens (tertiary/aromatic N) is 2. The van der Waals surface area contributed by atoms with Gasteiger partial charge in [-0.15, -0.1) is 10.2 Å². The molecular formula is C18H17N3O7S2. The van der Waals surface area contributed by atoms with Gasteiger partial charge in [-0.1, -0.05) is 6.07 Å². The summed E-state index contributed by atoms with van der Waals surface area (Å²) in [6, 6.07) is 7.77. The van der Waals surface area contributed by atoms with Crippen molar-refractivity contribution in [2.75, 3.05) is 5.73 Å². The topological polar surface area (TPSA) is 180 Å². The van der Waals surface area contributed by atoms with E-state index in [9.17, 15) is 31.0 Å². The molecule has 0 saturated heterocycles. The molecule has 3 aromatic rings. The first-order valence-corrected chi connectivity index (χ1v) is 11.2. The van der Waals surface area contributed by atoms with Crippen molar-refractivity contribution in [2.45, 2.75) is 23.6 Å². The molecule has 3 rings (SSSR count). The lowest BCUT2D eigenvalue weighted by molar-refractivity contribution is 0.480. The zero-order valence-electron chi connectivity index (χ0n) is 15.7. The molecule has 30 heavy (non-hydrogen) atoms. The van der Waals surface area contributed by atoms with E-state index in [1.54, 1.807) is 19.9 Å². The monoisotopic (exact) mass is 451 g/mol. The van der Waals surface area contributed by atoms with Crippen molar-refractivity contribution in [1.29, 1.82) is 0 Å². The number of nitrogens with two attached hydrogens (primary N) is 1. The van der Waals surface area contributed by atoms with Gasteiger partial charge in [0.1, 0.15) is 16.3 Å². The van der Waals surface area contributed by atoms with Crippen LogP contribution in [0.25, 0.3) is 10.8 Å². The van der Waals surface area contributed by atoms with E-state index in [4.69, 9.17) is 5.73 Å². The van der Waals surface area contributed by atoms with Gasteiger partial charge >= 0.3 is 0 Å². The predicted octanol–water partition coefficient (Wildman–Crippen LogP) is 3.65. The number of phenols is 1. The molecule has 0 atom stereocenters. The summed E-state index contributed by atoms with van der Waals surface area (Å²) < 4.78 is 64.6. The molecule has 0 aliphatic carbocycles. The Morgan fingerprint density at radius 1 is 0.900 bits per heavy atom. The highest BCUT2D eigenvalue weighted by Crippen LogP contribution is 2.42. The average molecular weight is 451 g/mol. The molecule has 0 amide bonds. The first-order chi connectivity index (χ1) is 13.8. The predicted molar refractivity (Wildman–Crippen MR) is 110 cm³/mol. The number of aromatic hydroxyl groups is 1. The summed E-state index contributed by atoms with van der Waals surface area (Å²) in [5.41, 5.74) is 6.51. The quantitative estimate of drug-likeness (QED) is 0.263. The summed E-state index contributed by atoms with van der Waals surface area (Å²) in [4.78, 5) is -0.875. The van der Waals surface area contributed by atoms with Gasteiger partial charge in [-0.05, 0) is 60.7 Å². The van der Waals surface area contributed by atoms with E-state index in [-0.39, 0.29) is 27.8 Å². The summed E-state index contributed by atoms with van der Waals surface area (Å²) in [5, 5.41) is 18.7. The maximum atomic E-state index is 11.6. The highest BCUT2D eigenvalue weighted by atomic mass is 32.2. The van der Waals surface area contributed by atoms with Gasteiger partial charge in [-0.3, -0.25) is 9.11 Å². The molecule has 0 unspecified atom stereocenters. The normalized spacial score (nSPS) is 12.7. The van der Waals surface area contributed by atoms with Crippen LogP contribution in [-0.4, -0.2) is 31.0 Å². The van der Waals surface area contributed by atoms with Crippen LogP contribution in [0.3, 0.4) is 0 Å². The van der Waals surface area contributed by atoms with Gasteiger partial charge in [0.25, 0.3) is 20.2 Å². The number of aryl methyl sites for hydroxylation is 2. The number of fused-ring (bicyclic) bond motifs is 1. The first kappa shape index (κ1) is 21.6. The number of hydrogen-bond acceptors (Lipinski definition) is 8. The number of phenolic OH excluding ortho intramolecular Hbond substituents is 1. The third-order valence-electron chi connectivity index (χ3n) is 4.33. The largest absolute Gasteiger partial charge is 0.505 e. The fourth-order valence-corrected chi connectivity index (χ4v) is 4.20. The Balaban J connectivity index is 2.21. The Hall–Kier alpha value is -3.06. The third-order valence-corrected chi connectivity index (χ3v) is 6.04. The van der Waals surface area contributed by atoms with Gasteiger partial charge in [0, 0.05) is 11.1 Å². The molecule has 0 fully saturated rings. The second-order valence-corrected chi connectivity index (χ2v) is 9.43. The molecule has 0 aromatic heterocycles. The molecule has 3 aromatic carbocycles. The van der Waals surface area contributed by atoms with Gasteiger partial charge in [0.15, 0.2) is 5.75 Å². The zero-order chi connectivity index (χ0) is 22.4. The third kappa shape index (κ3) is 4.11. The Morgan fingerprint density at radius 3 is 2.17 bits per heavy atom. The second-order valence-electron chi connectivity index (χ2n) is 6.62. The molecule has 158 valence electrons. The average Bonchev–Trinajstić information content (AvgIpc) is 2.60. The molecule has 5 N–H and O–H groups in total. The standard InChI is InChI=1S/C18H17N3O7S2/c1-9-3-4-14(15(5-9)30(26,27)28)20-21-17-10(2)6-11-7-12(29(23,24)25)8-13(19)16(11)18(17)22/h3-8,22H,19H2,1-2H3,(H,23,24,25)(H,26,27,28). The Kier molecular flexibility index (Phi) is 5.28. The number of azo groups is 1. The van der Waals surface area contributed by atoms with Crippen LogP contribution in [0.4, 0.5) is 17.1 Å². The van der Waals surface area contributed by atoms with E-state index in [1.165, 1.54) is 18.2 Å². The fraction of sp³-hybridized carbons (Fsp3) is 0.111. The van der Waals surface area contributed by atoms with E-state index in [1.807, 2.05) is 0 Å². The second kappa shape index (κ2) is 7.32. The first-order valence-electron chi connectivity index (χ1n) is 8.32. The van der Waals surface area contributed by atoms with Crippen molar-refractivity contribution >= 4 is 48.1 Å². The molecule has 12 heteroatoms. The smallest absolute Gasteiger partial charge is 0.296 e. The molecule has 0 aliphatic heterocycles. The number of hydrogen-bond donors (Lipinski definition) is 4. The summed E-state index contributed by atoms with van der Waals surface area (Å²) in [6.45, 7) is 3.20. The highest BCUT2D eigenvalue weighted by molar-refractivity contribution is 7.86. The molecule has 0 radical (unpaired) electrons. The molecular weight excluding hydrogens is 434 g/mol. The van der Waals surface area contributed by atoms with Crippen LogP contribution >= 0.6 is 0 Å². The van der Waals surface area contributed by atoms with Crippen LogP contribution in [0.5, 0.6) is 5.75 Å². The zero-order valence-corrected chi connectivity index (χ0v) is 17.4. The van der Waals surface area contributed by atoms with Gasteiger partial charge in [0.05, 0.1) is 4.90 Å². The molecule has 10 nitrogen and oxygen atoms in total. The summed E-state index contributed by atoms with van der Waals surface area (Å²) >= 11 is 0. The van der Waals surface area contributed by atoms with E-state index >= 15 is 0 Å². The van der Waals surface area contributed by atoms with E-state index in [0.717, 1.165) is 12.1 Å². The summed E-state index contributed by atoms with van der Waals surface area (Å²) in [5.74, 6) is -0.409. The molecule has 0 bridgehead atoms. The van der Waals surface area contributed by atoms with Gasteiger partial charge < -0.3 is 10.8 Å². The van der Waals surface area contributed by atoms with Crippen LogP contribution in [0.15, 0.2) is 56.4 Å². The van der Waals surface area contributed by atoms with Gasteiger partial charge in [-0.25, -0.2) is 0 Å². The molecule has 0 aliphatic rings. The Bertz CT molecular complexity index is 1430. The lowest BCUT2D eigenvalue weighted by Gasteiger charge is -2.11. The molecule has 0 saturated carbocycles. The van der Waals surface area contributed by atoms with Crippen LogP contribution in [0, 0.1) is 13.8 Å². The maximum Gasteiger partial charge on any atom is 0.296 e. The summed E-state index contributed by atoms with van der Waals surface area (Å²) in [7, 11) is -9.06. The number of nitrogen functional groups attached to an aromatic ring is 1. The van der Waals surface area contributed by atoms with Crippen molar-refractivity contribution in [1.82, 2.24) is 0 Å². The molecule has 0 spiro atoms. The minimum Gasteiger partial charge on any atom is -0.505 e. The highest BCUT2D eigenvalue weighted by Gasteiger charge is 2.19. The van der Waals surface area contributed by atoms with Crippen molar-refractivity contribution in [3.8, 4) is 5.75 Å². The minimum absolute atomic E-state index is 0.0318. The van der Waals surface area contributed by atoms with Crippen molar-refractivity contribution in [2.24, 2.45) is 10.2 Å². The number of rotatable bonds is 4. The maximum absolute atomic E-state index is 11.6. The van der Waals surface area contributed by atoms with Crippen molar-refractivity contribution in [3.05, 3.63) is 47.5 Å². The van der Waals surface area contributed by atoms with E-state index in [2.05, 4.69) is 10.2 Å². The van der Waals surface area contributed by atoms with Gasteiger partial charge in [-0.2, -0.15) is 16.8 Å². The van der Waals surface area contributed by atoms with E-state index < -0.39 is 35.8 Å². The SMILES string of the molecule is Cc1ccc(N=Nc2c(C)cc3cc(S(=O)(=O)O)cc(N)c3c2O)c(S(=O)(=O)O)c1. The Morgan fingerprint density at radius 2 is 1.57 bits per heavy atom. The lowest BCUT2D eigenvalue weighted by Crippen LogP contribution is -2.00. The van der Waals surface area contributed by atoms with Gasteiger partial charge in [0.2, 0.25) is 0 Å². The van der Waals surface area contributed by atoms with Crippen LogP contribution in [0.2, 0.25) is 0 Å². The van der Waals surface area contributed by atoms with Crippen LogP contribution in [-0.2, 0) is 20.2 Å². The van der Waals surface area contributed by atoms with Crippen molar-refractivity contribution in [3.63, 3.8) is 0 Å². The van der Waals surface area contributed by atoms with E-state index in [0.29, 0.717) is 11.1 Å². The summed E-state index contributed by atoms with van der Waals surface area (Å²) in [6.07, 6.45) is 0. The fourth-order valence-electron chi connectivity index (χ4n) is 2.94. The van der Waals surface area contributed by atoms with Crippen LogP contribution in [0.1, 0.15) is 11.1 Å². The Labute approximate surface area is 172 Å². The molecule has 0 heterocycles. The van der Waals surface area contributed by atoms with Crippen LogP contribution < -0.4 is 5.73 Å². The van der Waals surface area contributed by atoms with Crippen molar-refractivity contribution < 1.29 is 31.0 Å². The minimum atomic E-state index is -4.56.